The van der Waals surface area contributed by atoms with Crippen molar-refractivity contribution in [2.75, 3.05) is 60.0 Å². The van der Waals surface area contributed by atoms with Crippen LogP contribution in [0.25, 0.3) is 6.08 Å². The van der Waals surface area contributed by atoms with Crippen LogP contribution in [0.5, 0.6) is 0 Å². The van der Waals surface area contributed by atoms with Crippen LogP contribution in [0, 0.1) is 0 Å². The average molecular weight is 608 g/mol. The summed E-state index contributed by atoms with van der Waals surface area (Å²) in [6.07, 6.45) is 7.43. The fourth-order valence-corrected chi connectivity index (χ4v) is 7.70. The summed E-state index contributed by atoms with van der Waals surface area (Å²) in [5.74, 6) is -0.398. The molecule has 11 nitrogen and oxygen atoms in total. The van der Waals surface area contributed by atoms with E-state index in [9.17, 15) is 19.2 Å². The van der Waals surface area contributed by atoms with E-state index in [0.29, 0.717) is 51.5 Å². The van der Waals surface area contributed by atoms with Crippen molar-refractivity contribution in [3.05, 3.63) is 41.0 Å². The van der Waals surface area contributed by atoms with Crippen LogP contribution in [-0.2, 0) is 23.9 Å². The van der Waals surface area contributed by atoms with Crippen LogP contribution in [0.2, 0.25) is 0 Å². The molecule has 4 saturated heterocycles. The number of rotatable bonds is 8. The highest BCUT2D eigenvalue weighted by atomic mass is 16.6. The number of nitrogens with zero attached hydrogens (tertiary/aromatic N) is 4. The first-order valence-electron chi connectivity index (χ1n) is 16.2. The first-order valence-corrected chi connectivity index (χ1v) is 16.2. The molecule has 5 aliphatic rings. The predicted molar refractivity (Wildman–Crippen MR) is 164 cm³/mol. The van der Waals surface area contributed by atoms with Crippen molar-refractivity contribution in [3.8, 4) is 0 Å². The minimum Gasteiger partial charge on any atom is -0.449 e. The summed E-state index contributed by atoms with van der Waals surface area (Å²) in [7, 11) is 3.74. The van der Waals surface area contributed by atoms with Gasteiger partial charge < -0.3 is 24.6 Å². The minimum atomic E-state index is -0.463. The van der Waals surface area contributed by atoms with E-state index in [1.54, 1.807) is 15.9 Å². The molecule has 1 aliphatic carbocycles. The largest absolute Gasteiger partial charge is 0.449 e. The second-order valence-electron chi connectivity index (χ2n) is 13.0. The normalized spacial score (nSPS) is 28.6. The van der Waals surface area contributed by atoms with Crippen LogP contribution in [0.15, 0.2) is 29.8 Å². The fourth-order valence-electron chi connectivity index (χ4n) is 7.70. The van der Waals surface area contributed by atoms with E-state index in [1.807, 2.05) is 43.3 Å². The SMILES string of the molecule is CN(C)C1C(=O)C(C(=O)NC2CC3CCC(C2)N3CCCOC(=O)N2CCN(C(=O)C3CCCO3)CC2)=Cc2ccccc21. The number of amides is 3. The monoisotopic (exact) mass is 607 g/mol. The Hall–Kier alpha value is -3.28. The fraction of sp³-hybridized carbons (Fsp3) is 0.636. The second-order valence-corrected chi connectivity index (χ2v) is 13.0. The van der Waals surface area contributed by atoms with Crippen molar-refractivity contribution in [1.82, 2.24) is 24.9 Å². The summed E-state index contributed by atoms with van der Waals surface area (Å²) in [5, 5.41) is 3.20. The lowest BCUT2D eigenvalue weighted by atomic mass is 9.85. The number of Topliss-reactive ketones (excluding diaryl/α,β-unsaturated/α-hetero) is 1. The number of hydrogen-bond acceptors (Lipinski definition) is 8. The number of hydrogen-bond donors (Lipinski definition) is 1. The highest BCUT2D eigenvalue weighted by Gasteiger charge is 2.42. The summed E-state index contributed by atoms with van der Waals surface area (Å²) in [5.41, 5.74) is 2.08. The van der Waals surface area contributed by atoms with Gasteiger partial charge >= 0.3 is 6.09 Å². The van der Waals surface area contributed by atoms with E-state index in [4.69, 9.17) is 9.47 Å². The first kappa shape index (κ1) is 30.7. The Morgan fingerprint density at radius 3 is 2.39 bits per heavy atom. The molecule has 44 heavy (non-hydrogen) atoms. The lowest BCUT2D eigenvalue weighted by Crippen LogP contribution is -2.53. The number of ketones is 1. The van der Waals surface area contributed by atoms with Gasteiger partial charge in [-0.15, -0.1) is 0 Å². The summed E-state index contributed by atoms with van der Waals surface area (Å²) < 4.78 is 11.1. The quantitative estimate of drug-likeness (QED) is 0.354. The number of carbonyl (C=O) groups excluding carboxylic acids is 4. The minimum absolute atomic E-state index is 0.0311. The van der Waals surface area contributed by atoms with Crippen molar-refractivity contribution in [1.29, 1.82) is 0 Å². The van der Waals surface area contributed by atoms with E-state index in [0.717, 1.165) is 62.6 Å². The maximum Gasteiger partial charge on any atom is 0.409 e. The molecule has 0 radical (unpaired) electrons. The van der Waals surface area contributed by atoms with E-state index in [2.05, 4.69) is 10.2 Å². The molecule has 4 unspecified atom stereocenters. The third-order valence-electron chi connectivity index (χ3n) is 9.93. The van der Waals surface area contributed by atoms with Gasteiger partial charge in [0, 0.05) is 57.5 Å². The maximum atomic E-state index is 13.4. The molecule has 4 heterocycles. The average Bonchev–Trinajstić information content (AvgIpc) is 3.64. The standard InChI is InChI=1S/C33H45N5O6/c1-35(2)29-26-8-4-3-7-22(26)19-27(30(29)39)31(40)34-23-20-24-10-11-25(21-23)38(24)12-6-18-44-33(42)37-15-13-36(14-16-37)32(41)28-9-5-17-43-28/h3-4,7-8,19,23-25,28-29H,5-6,9-18,20-21H2,1-2H3,(H,34,40). The molecule has 4 aliphatic heterocycles. The van der Waals surface area contributed by atoms with Gasteiger partial charge in [0.15, 0.2) is 5.78 Å². The smallest absolute Gasteiger partial charge is 0.409 e. The van der Waals surface area contributed by atoms with Gasteiger partial charge in [-0.2, -0.15) is 0 Å². The van der Waals surface area contributed by atoms with Crippen LogP contribution in [0.4, 0.5) is 4.79 Å². The maximum absolute atomic E-state index is 13.4. The molecule has 1 aromatic carbocycles. The van der Waals surface area contributed by atoms with Gasteiger partial charge in [-0.25, -0.2) is 4.79 Å². The van der Waals surface area contributed by atoms with Gasteiger partial charge in [-0.05, 0) is 76.2 Å². The second kappa shape index (κ2) is 13.4. The van der Waals surface area contributed by atoms with Crippen LogP contribution in [0.1, 0.15) is 62.1 Å². The van der Waals surface area contributed by atoms with Gasteiger partial charge in [-0.3, -0.25) is 24.2 Å². The molecular formula is C33H45N5O6. The molecule has 0 aromatic heterocycles. The number of carbonyl (C=O) groups is 4. The number of fused-ring (bicyclic) bond motifs is 3. The molecule has 238 valence electrons. The van der Waals surface area contributed by atoms with Gasteiger partial charge in [-0.1, -0.05) is 24.3 Å². The number of piperidine rings is 1. The topological polar surface area (TPSA) is 112 Å². The molecule has 1 N–H and O–H groups in total. The van der Waals surface area contributed by atoms with Crippen LogP contribution in [0.3, 0.4) is 0 Å². The molecular weight excluding hydrogens is 562 g/mol. The third kappa shape index (κ3) is 6.41. The van der Waals surface area contributed by atoms with Crippen molar-refractivity contribution < 1.29 is 28.7 Å². The number of nitrogens with one attached hydrogen (secondary N) is 1. The number of piperazine rings is 1. The van der Waals surface area contributed by atoms with E-state index >= 15 is 0 Å². The lowest BCUT2D eigenvalue weighted by molar-refractivity contribution is -0.142. The molecule has 1 aromatic rings. The van der Waals surface area contributed by atoms with Gasteiger partial charge in [0.05, 0.1) is 18.2 Å². The van der Waals surface area contributed by atoms with Crippen LogP contribution < -0.4 is 5.32 Å². The molecule has 2 bridgehead atoms. The Labute approximate surface area is 259 Å². The highest BCUT2D eigenvalue weighted by Crippen LogP contribution is 2.37. The van der Waals surface area contributed by atoms with Crippen molar-refractivity contribution in [2.45, 2.75) is 75.2 Å². The zero-order valence-electron chi connectivity index (χ0n) is 25.9. The lowest BCUT2D eigenvalue weighted by Gasteiger charge is -2.39. The molecule has 0 saturated carbocycles. The van der Waals surface area contributed by atoms with Gasteiger partial charge in [0.25, 0.3) is 11.8 Å². The Morgan fingerprint density at radius 2 is 1.70 bits per heavy atom. The van der Waals surface area contributed by atoms with E-state index in [1.165, 1.54) is 0 Å². The number of ether oxygens (including phenoxy) is 2. The molecule has 4 fully saturated rings. The summed E-state index contributed by atoms with van der Waals surface area (Å²) in [4.78, 5) is 59.8. The van der Waals surface area contributed by atoms with E-state index in [-0.39, 0.29) is 41.4 Å². The molecule has 6 rings (SSSR count). The first-order chi connectivity index (χ1) is 21.3. The number of benzene rings is 1. The van der Waals surface area contributed by atoms with Crippen molar-refractivity contribution in [3.63, 3.8) is 0 Å². The summed E-state index contributed by atoms with van der Waals surface area (Å²) in [6.45, 7) is 3.83. The summed E-state index contributed by atoms with van der Waals surface area (Å²) in [6, 6.07) is 8.07. The molecule has 11 heteroatoms. The Kier molecular flexibility index (Phi) is 9.34. The highest BCUT2D eigenvalue weighted by molar-refractivity contribution is 6.25. The molecule has 4 atom stereocenters. The van der Waals surface area contributed by atoms with Crippen LogP contribution >= 0.6 is 0 Å². The zero-order valence-corrected chi connectivity index (χ0v) is 25.9. The van der Waals surface area contributed by atoms with Crippen LogP contribution in [-0.4, -0.2) is 128 Å². The van der Waals surface area contributed by atoms with Gasteiger partial charge in [0.1, 0.15) is 6.10 Å². The van der Waals surface area contributed by atoms with Crippen molar-refractivity contribution in [2.24, 2.45) is 0 Å². The van der Waals surface area contributed by atoms with Gasteiger partial charge in [0.2, 0.25) is 0 Å². The van der Waals surface area contributed by atoms with E-state index < -0.39 is 6.04 Å². The number of likely N-dealkylation sites (N-methyl/N-ethyl adjacent to an activating group) is 1. The zero-order chi connectivity index (χ0) is 30.8. The van der Waals surface area contributed by atoms with Crippen molar-refractivity contribution >= 4 is 29.8 Å². The Balaban J connectivity index is 0.935. The summed E-state index contributed by atoms with van der Waals surface area (Å²) >= 11 is 0. The third-order valence-corrected chi connectivity index (χ3v) is 9.93. The Morgan fingerprint density at radius 1 is 1.00 bits per heavy atom. The molecule has 0 spiro atoms. The Bertz CT molecular complexity index is 1270. The molecule has 3 amide bonds. The predicted octanol–water partition coefficient (Wildman–Crippen LogP) is 2.22.